The van der Waals surface area contributed by atoms with E-state index in [1.54, 1.807) is 35.7 Å². The molecule has 174 valence electrons. The van der Waals surface area contributed by atoms with Crippen molar-refractivity contribution >= 4 is 34.6 Å². The second kappa shape index (κ2) is 8.83. The Hall–Kier alpha value is -3.85. The van der Waals surface area contributed by atoms with Crippen LogP contribution in [0.2, 0.25) is 5.02 Å². The Kier molecular flexibility index (Phi) is 6.05. The quantitative estimate of drug-likeness (QED) is 0.394. The number of aryl methyl sites for hydroxylation is 1. The number of nitrogens with zero attached hydrogens (tertiary/aromatic N) is 2. The summed E-state index contributed by atoms with van der Waals surface area (Å²) in [6, 6.07) is 11.1. The molecular weight excluding hydrogens is 469 g/mol. The van der Waals surface area contributed by atoms with Crippen molar-refractivity contribution in [3.05, 3.63) is 88.3 Å². The lowest BCUT2D eigenvalue weighted by Gasteiger charge is -2.17. The largest absolute Gasteiger partial charge is 0.416 e. The number of carbonyl (C=O) groups is 2. The van der Waals surface area contributed by atoms with Crippen molar-refractivity contribution in [2.75, 3.05) is 12.4 Å². The summed E-state index contributed by atoms with van der Waals surface area (Å²) >= 11 is 6.09. The zero-order valence-electron chi connectivity index (χ0n) is 18.0. The number of amides is 2. The van der Waals surface area contributed by atoms with Crippen molar-refractivity contribution < 1.29 is 22.8 Å². The SMILES string of the molecule is CNC(=O)c1cc(Cl)cc(C)c1NC(=O)c1ncc2cccn2c1-c1cccc(C(F)(F)F)c1. The standard InChI is InChI=1S/C24H18ClF3N4O2/c1-13-9-16(25)11-18(22(33)29-2)19(13)31-23(34)20-21(32-8-4-7-17(32)12-30-20)14-5-3-6-15(10-14)24(26,27)28/h3-12H,1-2H3,(H,29,33)(H,31,34). The van der Waals surface area contributed by atoms with E-state index in [1.165, 1.54) is 31.4 Å². The Labute approximate surface area is 197 Å². The molecule has 0 bridgehead atoms. The molecule has 0 fully saturated rings. The van der Waals surface area contributed by atoms with Gasteiger partial charge in [0.25, 0.3) is 11.8 Å². The van der Waals surface area contributed by atoms with Crippen LogP contribution >= 0.6 is 11.6 Å². The van der Waals surface area contributed by atoms with E-state index >= 15 is 0 Å². The maximum absolute atomic E-state index is 13.4. The van der Waals surface area contributed by atoms with Crippen molar-refractivity contribution in [1.29, 1.82) is 0 Å². The highest BCUT2D eigenvalue weighted by molar-refractivity contribution is 6.31. The summed E-state index contributed by atoms with van der Waals surface area (Å²) in [5, 5.41) is 5.50. The monoisotopic (exact) mass is 486 g/mol. The summed E-state index contributed by atoms with van der Waals surface area (Å²) in [6.45, 7) is 1.67. The minimum Gasteiger partial charge on any atom is -0.355 e. The van der Waals surface area contributed by atoms with Gasteiger partial charge in [0.2, 0.25) is 0 Å². The first kappa shape index (κ1) is 23.3. The van der Waals surface area contributed by atoms with Crippen LogP contribution in [0.3, 0.4) is 0 Å². The van der Waals surface area contributed by atoms with Gasteiger partial charge in [0, 0.05) is 23.8 Å². The van der Waals surface area contributed by atoms with Crippen LogP contribution < -0.4 is 10.6 Å². The van der Waals surface area contributed by atoms with Crippen LogP contribution in [0.15, 0.2) is 60.9 Å². The van der Waals surface area contributed by atoms with E-state index in [9.17, 15) is 22.8 Å². The second-order valence-electron chi connectivity index (χ2n) is 7.52. The fraction of sp³-hybridized carbons (Fsp3) is 0.125. The van der Waals surface area contributed by atoms with Gasteiger partial charge in [0.1, 0.15) is 0 Å². The molecule has 4 rings (SSSR count). The van der Waals surface area contributed by atoms with Crippen LogP contribution in [0.25, 0.3) is 16.8 Å². The van der Waals surface area contributed by atoms with E-state index in [-0.39, 0.29) is 28.2 Å². The normalized spacial score (nSPS) is 11.5. The summed E-state index contributed by atoms with van der Waals surface area (Å²) < 4.78 is 41.7. The molecule has 2 heterocycles. The highest BCUT2D eigenvalue weighted by atomic mass is 35.5. The smallest absolute Gasteiger partial charge is 0.355 e. The summed E-state index contributed by atoms with van der Waals surface area (Å²) in [5.41, 5.74) is 0.866. The van der Waals surface area contributed by atoms with E-state index < -0.39 is 23.6 Å². The van der Waals surface area contributed by atoms with E-state index in [0.717, 1.165) is 12.1 Å². The predicted octanol–water partition coefficient (Wildman–Crippen LogP) is 5.59. The average molecular weight is 487 g/mol. The Morgan fingerprint density at radius 1 is 1.06 bits per heavy atom. The van der Waals surface area contributed by atoms with E-state index in [1.807, 2.05) is 0 Å². The first-order chi connectivity index (χ1) is 16.1. The zero-order chi connectivity index (χ0) is 24.6. The van der Waals surface area contributed by atoms with E-state index in [4.69, 9.17) is 11.6 Å². The van der Waals surface area contributed by atoms with Crippen molar-refractivity contribution in [3.63, 3.8) is 0 Å². The molecule has 34 heavy (non-hydrogen) atoms. The number of anilines is 1. The van der Waals surface area contributed by atoms with Gasteiger partial charge in [-0.05, 0) is 48.9 Å². The number of fused-ring (bicyclic) bond motifs is 1. The molecule has 10 heteroatoms. The van der Waals surface area contributed by atoms with Crippen molar-refractivity contribution in [3.8, 4) is 11.3 Å². The molecule has 4 aromatic rings. The number of nitrogens with one attached hydrogen (secondary N) is 2. The molecule has 2 N–H and O–H groups in total. The predicted molar refractivity (Wildman–Crippen MR) is 123 cm³/mol. The van der Waals surface area contributed by atoms with Gasteiger partial charge in [-0.1, -0.05) is 23.7 Å². The van der Waals surface area contributed by atoms with Crippen LogP contribution in [-0.4, -0.2) is 28.2 Å². The maximum atomic E-state index is 13.4. The highest BCUT2D eigenvalue weighted by Gasteiger charge is 2.31. The number of halogens is 4. The number of hydrogen-bond acceptors (Lipinski definition) is 3. The number of benzene rings is 2. The molecule has 0 saturated heterocycles. The van der Waals surface area contributed by atoms with Gasteiger partial charge in [-0.15, -0.1) is 0 Å². The lowest BCUT2D eigenvalue weighted by Crippen LogP contribution is -2.23. The van der Waals surface area contributed by atoms with Gasteiger partial charge in [-0.3, -0.25) is 9.59 Å². The molecule has 0 unspecified atom stereocenters. The van der Waals surface area contributed by atoms with Crippen molar-refractivity contribution in [2.24, 2.45) is 0 Å². The van der Waals surface area contributed by atoms with Crippen LogP contribution in [-0.2, 0) is 6.18 Å². The number of aromatic nitrogens is 2. The van der Waals surface area contributed by atoms with Crippen molar-refractivity contribution in [1.82, 2.24) is 14.7 Å². The average Bonchev–Trinajstić information content (AvgIpc) is 3.27. The molecule has 0 aliphatic rings. The third kappa shape index (κ3) is 4.34. The second-order valence-corrected chi connectivity index (χ2v) is 7.95. The molecule has 0 aliphatic heterocycles. The Balaban J connectivity index is 1.87. The fourth-order valence-electron chi connectivity index (χ4n) is 3.69. The number of hydrogen-bond donors (Lipinski definition) is 2. The number of carbonyl (C=O) groups excluding carboxylic acids is 2. The Morgan fingerprint density at radius 2 is 1.82 bits per heavy atom. The molecule has 6 nitrogen and oxygen atoms in total. The number of rotatable bonds is 4. The van der Waals surface area contributed by atoms with Gasteiger partial charge in [0.05, 0.1) is 34.2 Å². The van der Waals surface area contributed by atoms with Crippen LogP contribution in [0.1, 0.15) is 32.0 Å². The van der Waals surface area contributed by atoms with Gasteiger partial charge >= 0.3 is 6.18 Å². The van der Waals surface area contributed by atoms with Gasteiger partial charge in [0.15, 0.2) is 5.69 Å². The highest BCUT2D eigenvalue weighted by Crippen LogP contribution is 2.34. The zero-order valence-corrected chi connectivity index (χ0v) is 18.8. The molecule has 2 amide bonds. The molecular formula is C24H18ClF3N4O2. The lowest BCUT2D eigenvalue weighted by atomic mass is 10.0. The molecule has 2 aromatic carbocycles. The van der Waals surface area contributed by atoms with Gasteiger partial charge < -0.3 is 15.0 Å². The lowest BCUT2D eigenvalue weighted by molar-refractivity contribution is -0.137. The molecule has 0 saturated carbocycles. The summed E-state index contributed by atoms with van der Waals surface area (Å²) in [5.74, 6) is -1.16. The summed E-state index contributed by atoms with van der Waals surface area (Å²) in [7, 11) is 1.44. The number of alkyl halides is 3. The van der Waals surface area contributed by atoms with Crippen LogP contribution in [0.5, 0.6) is 0 Å². The molecule has 0 atom stereocenters. The molecule has 0 aliphatic carbocycles. The molecule has 0 spiro atoms. The van der Waals surface area contributed by atoms with E-state index in [2.05, 4.69) is 15.6 Å². The third-order valence-corrected chi connectivity index (χ3v) is 5.48. The Morgan fingerprint density at radius 3 is 2.53 bits per heavy atom. The Bertz CT molecular complexity index is 1430. The van der Waals surface area contributed by atoms with Crippen LogP contribution in [0.4, 0.5) is 18.9 Å². The minimum absolute atomic E-state index is 0.111. The topological polar surface area (TPSA) is 75.5 Å². The first-order valence-corrected chi connectivity index (χ1v) is 10.4. The van der Waals surface area contributed by atoms with Crippen LogP contribution in [0, 0.1) is 6.92 Å². The third-order valence-electron chi connectivity index (χ3n) is 5.26. The van der Waals surface area contributed by atoms with E-state index in [0.29, 0.717) is 16.1 Å². The summed E-state index contributed by atoms with van der Waals surface area (Å²) in [6.07, 6.45) is -1.48. The molecule has 0 radical (unpaired) electrons. The first-order valence-electron chi connectivity index (χ1n) is 10.1. The maximum Gasteiger partial charge on any atom is 0.416 e. The van der Waals surface area contributed by atoms with Gasteiger partial charge in [-0.2, -0.15) is 13.2 Å². The van der Waals surface area contributed by atoms with Gasteiger partial charge in [-0.25, -0.2) is 4.98 Å². The molecule has 2 aromatic heterocycles. The van der Waals surface area contributed by atoms with Crippen molar-refractivity contribution in [2.45, 2.75) is 13.1 Å². The minimum atomic E-state index is -4.56. The summed E-state index contributed by atoms with van der Waals surface area (Å²) in [4.78, 5) is 30.0. The fourth-order valence-corrected chi connectivity index (χ4v) is 3.96.